The van der Waals surface area contributed by atoms with Crippen LogP contribution in [0.4, 0.5) is 0 Å². The topological polar surface area (TPSA) is 80.4 Å². The first-order chi connectivity index (χ1) is 12.0. The lowest BCUT2D eigenvalue weighted by Crippen LogP contribution is -2.43. The third kappa shape index (κ3) is 4.50. The lowest BCUT2D eigenvalue weighted by Gasteiger charge is -2.29. The molecular weight excluding hydrogens is 320 g/mol. The van der Waals surface area contributed by atoms with Gasteiger partial charge >= 0.3 is 0 Å². The van der Waals surface area contributed by atoms with Gasteiger partial charge in [0.2, 0.25) is 11.5 Å². The van der Waals surface area contributed by atoms with Crippen molar-refractivity contribution >= 4 is 5.91 Å². The van der Waals surface area contributed by atoms with E-state index in [1.807, 2.05) is 19.9 Å². The van der Waals surface area contributed by atoms with E-state index in [2.05, 4.69) is 10.3 Å². The molecule has 6 heteroatoms. The van der Waals surface area contributed by atoms with E-state index in [9.17, 15) is 9.59 Å². The molecule has 0 aromatic carbocycles. The normalized spacial score (nSPS) is 24.1. The van der Waals surface area contributed by atoms with Gasteiger partial charge in [0.1, 0.15) is 6.10 Å². The standard InChI is InChI=1S/C19H28N2O4/c1-12(2)18(25-11-13-5-4-10-24-13)19(23)21-16-7-3-6-15-14(16)8-9-17(22)20-15/h8-9,12-13,16,18H,3-7,10-11H2,1-2H3,(H,20,22)(H,21,23). The zero-order valence-electron chi connectivity index (χ0n) is 15.0. The van der Waals surface area contributed by atoms with Crippen LogP contribution in [0.25, 0.3) is 0 Å². The maximum Gasteiger partial charge on any atom is 0.249 e. The molecule has 2 N–H and O–H groups in total. The van der Waals surface area contributed by atoms with Crippen LogP contribution in [0.1, 0.15) is 56.8 Å². The van der Waals surface area contributed by atoms with Gasteiger partial charge in [0.15, 0.2) is 0 Å². The monoisotopic (exact) mass is 348 g/mol. The number of rotatable bonds is 6. The van der Waals surface area contributed by atoms with Gasteiger partial charge in [0.05, 0.1) is 18.8 Å². The zero-order valence-corrected chi connectivity index (χ0v) is 15.0. The number of carbonyl (C=O) groups excluding carboxylic acids is 1. The minimum Gasteiger partial charge on any atom is -0.376 e. The Morgan fingerprint density at radius 2 is 2.20 bits per heavy atom. The number of ether oxygens (including phenoxy) is 2. The molecule has 1 aliphatic heterocycles. The average Bonchev–Trinajstić information content (AvgIpc) is 3.08. The van der Waals surface area contributed by atoms with Gasteiger partial charge in [-0.05, 0) is 49.7 Å². The SMILES string of the molecule is CC(C)C(OCC1CCCO1)C(=O)NC1CCCc2[nH]c(=O)ccc21. The fourth-order valence-electron chi connectivity index (χ4n) is 3.66. The van der Waals surface area contributed by atoms with Crippen molar-refractivity contribution in [2.45, 2.75) is 64.2 Å². The quantitative estimate of drug-likeness (QED) is 0.825. The van der Waals surface area contributed by atoms with Crippen LogP contribution in [0.5, 0.6) is 0 Å². The van der Waals surface area contributed by atoms with Crippen molar-refractivity contribution in [3.8, 4) is 0 Å². The summed E-state index contributed by atoms with van der Waals surface area (Å²) in [5.74, 6) is -0.00269. The molecule has 6 nitrogen and oxygen atoms in total. The highest BCUT2D eigenvalue weighted by Gasteiger charge is 2.29. The molecule has 1 fully saturated rings. The minimum absolute atomic E-state index is 0.0688. The van der Waals surface area contributed by atoms with Gasteiger partial charge in [0, 0.05) is 18.4 Å². The Morgan fingerprint density at radius 3 is 2.92 bits per heavy atom. The summed E-state index contributed by atoms with van der Waals surface area (Å²) < 4.78 is 11.5. The van der Waals surface area contributed by atoms with E-state index in [1.165, 1.54) is 6.07 Å². The molecule has 0 spiro atoms. The molecule has 0 bridgehead atoms. The second-order valence-electron chi connectivity index (χ2n) is 7.34. The smallest absolute Gasteiger partial charge is 0.249 e. The first-order valence-corrected chi connectivity index (χ1v) is 9.30. The molecule has 1 aliphatic carbocycles. The molecule has 3 rings (SSSR count). The highest BCUT2D eigenvalue weighted by atomic mass is 16.5. The number of fused-ring (bicyclic) bond motifs is 1. The van der Waals surface area contributed by atoms with Gasteiger partial charge in [-0.2, -0.15) is 0 Å². The van der Waals surface area contributed by atoms with E-state index in [-0.39, 0.29) is 29.5 Å². The predicted molar refractivity (Wildman–Crippen MR) is 94.4 cm³/mol. The zero-order chi connectivity index (χ0) is 17.8. The average molecular weight is 348 g/mol. The molecule has 3 atom stereocenters. The molecule has 2 heterocycles. The number of aromatic amines is 1. The number of pyridine rings is 1. The summed E-state index contributed by atoms with van der Waals surface area (Å²) in [4.78, 5) is 27.2. The number of aryl methyl sites for hydroxylation is 1. The van der Waals surface area contributed by atoms with E-state index in [4.69, 9.17) is 9.47 Å². The maximum atomic E-state index is 12.8. The summed E-state index contributed by atoms with van der Waals surface area (Å²) in [5, 5.41) is 3.12. The molecule has 0 radical (unpaired) electrons. The lowest BCUT2D eigenvalue weighted by atomic mass is 9.91. The summed E-state index contributed by atoms with van der Waals surface area (Å²) in [7, 11) is 0. The molecular formula is C19H28N2O4. The Balaban J connectivity index is 1.64. The van der Waals surface area contributed by atoms with Crippen LogP contribution >= 0.6 is 0 Å². The summed E-state index contributed by atoms with van der Waals surface area (Å²) in [6.45, 7) is 5.23. The highest BCUT2D eigenvalue weighted by molar-refractivity contribution is 5.81. The fraction of sp³-hybridized carbons (Fsp3) is 0.684. The molecule has 1 amide bonds. The fourth-order valence-corrected chi connectivity index (χ4v) is 3.66. The predicted octanol–water partition coefficient (Wildman–Crippen LogP) is 2.09. The Labute approximate surface area is 148 Å². The van der Waals surface area contributed by atoms with Crippen molar-refractivity contribution in [3.63, 3.8) is 0 Å². The second kappa shape index (κ2) is 8.15. The molecule has 25 heavy (non-hydrogen) atoms. The Kier molecular flexibility index (Phi) is 5.91. The second-order valence-corrected chi connectivity index (χ2v) is 7.34. The third-order valence-electron chi connectivity index (χ3n) is 5.00. The summed E-state index contributed by atoms with van der Waals surface area (Å²) in [6.07, 6.45) is 4.34. The van der Waals surface area contributed by atoms with E-state index >= 15 is 0 Å². The lowest BCUT2D eigenvalue weighted by molar-refractivity contribution is -0.139. The molecule has 0 saturated carbocycles. The Bertz CT molecular complexity index is 649. The van der Waals surface area contributed by atoms with Gasteiger partial charge in [-0.25, -0.2) is 0 Å². The van der Waals surface area contributed by atoms with Gasteiger partial charge in [-0.15, -0.1) is 0 Å². The largest absolute Gasteiger partial charge is 0.376 e. The van der Waals surface area contributed by atoms with Crippen LogP contribution in [0.2, 0.25) is 0 Å². The van der Waals surface area contributed by atoms with E-state index in [1.54, 1.807) is 0 Å². The van der Waals surface area contributed by atoms with E-state index < -0.39 is 6.10 Å². The molecule has 138 valence electrons. The number of hydrogen-bond acceptors (Lipinski definition) is 4. The van der Waals surface area contributed by atoms with Crippen LogP contribution in [0, 0.1) is 5.92 Å². The van der Waals surface area contributed by atoms with Gasteiger partial charge in [0.25, 0.3) is 0 Å². The van der Waals surface area contributed by atoms with Crippen LogP contribution in [0.3, 0.4) is 0 Å². The molecule has 3 unspecified atom stereocenters. The van der Waals surface area contributed by atoms with Crippen LogP contribution in [0.15, 0.2) is 16.9 Å². The third-order valence-corrected chi connectivity index (χ3v) is 5.00. The molecule has 1 saturated heterocycles. The molecule has 2 aliphatic rings. The number of amides is 1. The van der Waals surface area contributed by atoms with Crippen LogP contribution in [-0.4, -0.2) is 36.3 Å². The van der Waals surface area contributed by atoms with Crippen molar-refractivity contribution in [2.24, 2.45) is 5.92 Å². The van der Waals surface area contributed by atoms with Crippen molar-refractivity contribution in [1.82, 2.24) is 10.3 Å². The van der Waals surface area contributed by atoms with Crippen molar-refractivity contribution in [2.75, 3.05) is 13.2 Å². The van der Waals surface area contributed by atoms with Gasteiger partial charge in [-0.3, -0.25) is 9.59 Å². The van der Waals surface area contributed by atoms with Crippen LogP contribution in [-0.2, 0) is 20.7 Å². The van der Waals surface area contributed by atoms with Crippen LogP contribution < -0.4 is 10.9 Å². The molecule has 1 aromatic rings. The Morgan fingerprint density at radius 1 is 1.36 bits per heavy atom. The van der Waals surface area contributed by atoms with E-state index in [0.29, 0.717) is 6.61 Å². The first kappa shape index (κ1) is 18.1. The number of aromatic nitrogens is 1. The summed E-state index contributed by atoms with van der Waals surface area (Å²) in [5.41, 5.74) is 1.86. The molecule has 1 aromatic heterocycles. The van der Waals surface area contributed by atoms with Crippen molar-refractivity contribution in [1.29, 1.82) is 0 Å². The van der Waals surface area contributed by atoms with Gasteiger partial charge in [-0.1, -0.05) is 13.8 Å². The van der Waals surface area contributed by atoms with Crippen molar-refractivity contribution < 1.29 is 14.3 Å². The number of nitrogens with one attached hydrogen (secondary N) is 2. The van der Waals surface area contributed by atoms with Crippen molar-refractivity contribution in [3.05, 3.63) is 33.7 Å². The van der Waals surface area contributed by atoms with Gasteiger partial charge < -0.3 is 19.8 Å². The summed E-state index contributed by atoms with van der Waals surface area (Å²) in [6, 6.07) is 3.29. The Hall–Kier alpha value is -1.66. The highest BCUT2D eigenvalue weighted by Crippen LogP contribution is 2.28. The minimum atomic E-state index is -0.489. The van der Waals surface area contributed by atoms with E-state index in [0.717, 1.165) is 50.0 Å². The maximum absolute atomic E-state index is 12.8. The number of H-pyrrole nitrogens is 1. The number of hydrogen-bond donors (Lipinski definition) is 2. The first-order valence-electron chi connectivity index (χ1n) is 9.30. The summed E-state index contributed by atoms with van der Waals surface area (Å²) >= 11 is 0. The number of carbonyl (C=O) groups is 1.